The van der Waals surface area contributed by atoms with Crippen molar-refractivity contribution in [1.29, 1.82) is 0 Å². The van der Waals surface area contributed by atoms with Gasteiger partial charge in [-0.05, 0) is 55.2 Å². The molecule has 6 nitrogen and oxygen atoms in total. The van der Waals surface area contributed by atoms with Gasteiger partial charge in [0.25, 0.3) is 5.91 Å². The number of hydrogen-bond acceptors (Lipinski definition) is 5. The number of ether oxygens (including phenoxy) is 2. The molecular formula is C22H25N3O3. The van der Waals surface area contributed by atoms with E-state index in [0.29, 0.717) is 18.3 Å². The molecule has 1 aromatic heterocycles. The molecule has 1 aliphatic carbocycles. The van der Waals surface area contributed by atoms with Crippen LogP contribution in [0.15, 0.2) is 30.6 Å². The summed E-state index contributed by atoms with van der Waals surface area (Å²) in [4.78, 5) is 23.8. The van der Waals surface area contributed by atoms with Crippen LogP contribution in [0.4, 0.5) is 0 Å². The van der Waals surface area contributed by atoms with E-state index in [2.05, 4.69) is 29.0 Å². The molecule has 0 spiro atoms. The molecule has 3 aliphatic rings. The third-order valence-corrected chi connectivity index (χ3v) is 6.00. The first-order chi connectivity index (χ1) is 13.6. The highest BCUT2D eigenvalue weighted by atomic mass is 16.7. The molecule has 1 atom stereocenters. The Labute approximate surface area is 164 Å². The van der Waals surface area contributed by atoms with Crippen LogP contribution in [0.1, 0.15) is 60.3 Å². The van der Waals surface area contributed by atoms with E-state index in [1.807, 2.05) is 11.0 Å². The van der Waals surface area contributed by atoms with Crippen molar-refractivity contribution >= 4 is 5.91 Å². The molecule has 2 aromatic rings. The Balaban J connectivity index is 1.28. The van der Waals surface area contributed by atoms with Crippen molar-refractivity contribution in [3.63, 3.8) is 0 Å². The number of benzene rings is 1. The predicted molar refractivity (Wildman–Crippen MR) is 104 cm³/mol. The summed E-state index contributed by atoms with van der Waals surface area (Å²) >= 11 is 0. The van der Waals surface area contributed by atoms with Gasteiger partial charge >= 0.3 is 0 Å². The first-order valence-electron chi connectivity index (χ1n) is 10.1. The smallest absolute Gasteiger partial charge is 0.257 e. The fourth-order valence-corrected chi connectivity index (χ4v) is 4.36. The second-order valence-electron chi connectivity index (χ2n) is 8.61. The van der Waals surface area contributed by atoms with Crippen LogP contribution in [-0.4, -0.2) is 40.7 Å². The summed E-state index contributed by atoms with van der Waals surface area (Å²) < 4.78 is 10.9. The van der Waals surface area contributed by atoms with Crippen molar-refractivity contribution in [1.82, 2.24) is 14.9 Å². The van der Waals surface area contributed by atoms with Gasteiger partial charge in [-0.2, -0.15) is 0 Å². The van der Waals surface area contributed by atoms with Crippen molar-refractivity contribution in [3.05, 3.63) is 47.5 Å². The molecule has 5 rings (SSSR count). The van der Waals surface area contributed by atoms with Gasteiger partial charge in [0.2, 0.25) is 6.79 Å². The Morgan fingerprint density at radius 3 is 2.79 bits per heavy atom. The van der Waals surface area contributed by atoms with Gasteiger partial charge in [0.1, 0.15) is 5.82 Å². The summed E-state index contributed by atoms with van der Waals surface area (Å²) in [6.45, 7) is 4.09. The predicted octanol–water partition coefficient (Wildman–Crippen LogP) is 3.57. The summed E-state index contributed by atoms with van der Waals surface area (Å²) in [5.41, 5.74) is 1.85. The second-order valence-corrected chi connectivity index (χ2v) is 8.61. The third-order valence-electron chi connectivity index (χ3n) is 6.00. The average molecular weight is 379 g/mol. The van der Waals surface area contributed by atoms with E-state index in [-0.39, 0.29) is 11.3 Å². The molecule has 3 heterocycles. The molecule has 1 saturated carbocycles. The van der Waals surface area contributed by atoms with Gasteiger partial charge in [-0.15, -0.1) is 0 Å². The van der Waals surface area contributed by atoms with Gasteiger partial charge < -0.3 is 14.4 Å². The van der Waals surface area contributed by atoms with Gasteiger partial charge in [0.15, 0.2) is 11.5 Å². The van der Waals surface area contributed by atoms with E-state index in [0.717, 1.165) is 62.5 Å². The van der Waals surface area contributed by atoms with E-state index in [1.165, 1.54) is 5.56 Å². The number of hydrogen-bond donors (Lipinski definition) is 0. The fourth-order valence-electron chi connectivity index (χ4n) is 4.36. The number of amides is 1. The fraction of sp³-hybridized carbons (Fsp3) is 0.500. The molecule has 1 saturated heterocycles. The van der Waals surface area contributed by atoms with Crippen LogP contribution in [0.25, 0.3) is 0 Å². The zero-order valence-corrected chi connectivity index (χ0v) is 16.2. The lowest BCUT2D eigenvalue weighted by atomic mass is 9.76. The maximum Gasteiger partial charge on any atom is 0.257 e. The lowest BCUT2D eigenvalue weighted by Gasteiger charge is -2.40. The Kier molecular flexibility index (Phi) is 4.22. The standard InChI is InChI=1S/C22H25N3O3/c1-22(10-15-3-6-18-19(9-15)28-14-27-18)7-2-8-25(13-22)21(26)17-11-23-20(24-12-17)16-4-5-16/h3,6,9,11-12,16H,2,4-5,7-8,10,13-14H2,1H3. The molecule has 146 valence electrons. The van der Waals surface area contributed by atoms with Crippen LogP contribution in [0.3, 0.4) is 0 Å². The largest absolute Gasteiger partial charge is 0.454 e. The third kappa shape index (κ3) is 3.43. The average Bonchev–Trinajstić information content (AvgIpc) is 3.45. The molecule has 1 aromatic carbocycles. The lowest BCUT2D eigenvalue weighted by Crippen LogP contribution is -2.45. The highest BCUT2D eigenvalue weighted by Crippen LogP contribution is 2.39. The molecule has 1 unspecified atom stereocenters. The number of aromatic nitrogens is 2. The summed E-state index contributed by atoms with van der Waals surface area (Å²) in [6.07, 6.45) is 8.75. The minimum absolute atomic E-state index is 0.0381. The van der Waals surface area contributed by atoms with Crippen LogP contribution >= 0.6 is 0 Å². The Bertz CT molecular complexity index is 894. The monoisotopic (exact) mass is 379 g/mol. The van der Waals surface area contributed by atoms with Crippen LogP contribution in [0.2, 0.25) is 0 Å². The molecule has 1 amide bonds. The highest BCUT2D eigenvalue weighted by Gasteiger charge is 2.34. The van der Waals surface area contributed by atoms with Crippen molar-refractivity contribution in [3.8, 4) is 11.5 Å². The molecule has 2 aliphatic heterocycles. The maximum absolute atomic E-state index is 13.0. The van der Waals surface area contributed by atoms with Gasteiger partial charge in [-0.1, -0.05) is 13.0 Å². The summed E-state index contributed by atoms with van der Waals surface area (Å²) in [5, 5.41) is 0. The van der Waals surface area contributed by atoms with E-state index in [1.54, 1.807) is 12.4 Å². The van der Waals surface area contributed by atoms with E-state index in [9.17, 15) is 4.79 Å². The molecule has 28 heavy (non-hydrogen) atoms. The Morgan fingerprint density at radius 2 is 2.00 bits per heavy atom. The van der Waals surface area contributed by atoms with Gasteiger partial charge in [-0.25, -0.2) is 9.97 Å². The van der Waals surface area contributed by atoms with E-state index < -0.39 is 0 Å². The normalized spacial score (nSPS) is 23.7. The summed E-state index contributed by atoms with van der Waals surface area (Å²) in [7, 11) is 0. The molecular weight excluding hydrogens is 354 g/mol. The topological polar surface area (TPSA) is 64.6 Å². The number of rotatable bonds is 4. The van der Waals surface area contributed by atoms with E-state index >= 15 is 0 Å². The lowest BCUT2D eigenvalue weighted by molar-refractivity contribution is 0.0549. The molecule has 2 fully saturated rings. The molecule has 0 bridgehead atoms. The van der Waals surface area contributed by atoms with Gasteiger partial charge in [0, 0.05) is 31.4 Å². The highest BCUT2D eigenvalue weighted by molar-refractivity contribution is 5.93. The van der Waals surface area contributed by atoms with Crippen molar-refractivity contribution in [2.45, 2.75) is 44.9 Å². The number of carbonyl (C=O) groups is 1. The first kappa shape index (κ1) is 17.5. The number of carbonyl (C=O) groups excluding carboxylic acids is 1. The number of fused-ring (bicyclic) bond motifs is 1. The first-order valence-corrected chi connectivity index (χ1v) is 10.1. The number of piperidine rings is 1. The second kappa shape index (κ2) is 6.76. The van der Waals surface area contributed by atoms with Crippen molar-refractivity contribution in [2.75, 3.05) is 19.9 Å². The zero-order chi connectivity index (χ0) is 19.1. The summed E-state index contributed by atoms with van der Waals surface area (Å²) in [5.74, 6) is 3.05. The van der Waals surface area contributed by atoms with Crippen LogP contribution in [-0.2, 0) is 6.42 Å². The molecule has 6 heteroatoms. The van der Waals surface area contributed by atoms with E-state index in [4.69, 9.17) is 9.47 Å². The van der Waals surface area contributed by atoms with Crippen molar-refractivity contribution in [2.24, 2.45) is 5.41 Å². The minimum atomic E-state index is 0.0381. The SMILES string of the molecule is CC1(Cc2ccc3c(c2)OCO3)CCCN(C(=O)c2cnc(C3CC3)nc2)C1. The molecule has 0 radical (unpaired) electrons. The quantitative estimate of drug-likeness (QED) is 0.813. The summed E-state index contributed by atoms with van der Waals surface area (Å²) in [6, 6.07) is 6.15. The van der Waals surface area contributed by atoms with Gasteiger partial charge in [0.05, 0.1) is 5.56 Å². The van der Waals surface area contributed by atoms with Crippen LogP contribution in [0, 0.1) is 5.41 Å². The number of nitrogens with zero attached hydrogens (tertiary/aromatic N) is 3. The molecule has 0 N–H and O–H groups in total. The maximum atomic E-state index is 13.0. The zero-order valence-electron chi connectivity index (χ0n) is 16.2. The Hall–Kier alpha value is -2.63. The van der Waals surface area contributed by atoms with Gasteiger partial charge in [-0.3, -0.25) is 4.79 Å². The van der Waals surface area contributed by atoms with Crippen molar-refractivity contribution < 1.29 is 14.3 Å². The van der Waals surface area contributed by atoms with Crippen LogP contribution < -0.4 is 9.47 Å². The minimum Gasteiger partial charge on any atom is -0.454 e. The van der Waals surface area contributed by atoms with Crippen LogP contribution in [0.5, 0.6) is 11.5 Å². The number of likely N-dealkylation sites (tertiary alicyclic amines) is 1. The Morgan fingerprint density at radius 1 is 1.21 bits per heavy atom.